The normalized spacial score (nSPS) is 10.5. The van der Waals surface area contributed by atoms with Crippen molar-refractivity contribution in [2.45, 2.75) is 13.8 Å². The van der Waals surface area contributed by atoms with Gasteiger partial charge in [-0.05, 0) is 37.6 Å². The van der Waals surface area contributed by atoms with Gasteiger partial charge in [0.25, 0.3) is 0 Å². The molecular formula is C13H13NO3. The van der Waals surface area contributed by atoms with E-state index in [-0.39, 0.29) is 5.56 Å². The van der Waals surface area contributed by atoms with E-state index in [9.17, 15) is 9.90 Å². The van der Waals surface area contributed by atoms with Crippen LogP contribution in [-0.4, -0.2) is 23.2 Å². The average molecular weight is 231 g/mol. The van der Waals surface area contributed by atoms with Crippen LogP contribution in [0.4, 0.5) is 0 Å². The molecule has 0 unspecified atom stereocenters. The predicted octanol–water partition coefficient (Wildman–Crippen LogP) is 2.56. The van der Waals surface area contributed by atoms with Gasteiger partial charge in [0.2, 0.25) is 0 Å². The minimum absolute atomic E-state index is 0.255. The topological polar surface area (TPSA) is 59.4 Å². The van der Waals surface area contributed by atoms with Crippen LogP contribution < -0.4 is 4.74 Å². The quantitative estimate of drug-likeness (QED) is 0.862. The van der Waals surface area contributed by atoms with Gasteiger partial charge in [-0.3, -0.25) is 4.98 Å². The largest absolute Gasteiger partial charge is 0.496 e. The van der Waals surface area contributed by atoms with E-state index in [2.05, 4.69) is 4.98 Å². The van der Waals surface area contributed by atoms with Crippen LogP contribution in [0.5, 0.6) is 5.75 Å². The lowest BCUT2D eigenvalue weighted by Crippen LogP contribution is -2.01. The van der Waals surface area contributed by atoms with Gasteiger partial charge in [-0.25, -0.2) is 4.79 Å². The maximum absolute atomic E-state index is 11.2. The van der Waals surface area contributed by atoms with Crippen molar-refractivity contribution in [1.82, 2.24) is 4.98 Å². The molecule has 0 radical (unpaired) electrons. The van der Waals surface area contributed by atoms with Gasteiger partial charge in [-0.1, -0.05) is 0 Å². The molecule has 1 N–H and O–H groups in total. The number of benzene rings is 1. The Balaban J connectivity index is 2.86. The molecular weight excluding hydrogens is 218 g/mol. The van der Waals surface area contributed by atoms with E-state index >= 15 is 0 Å². The SMILES string of the molecule is COc1cc2c(C(=O)O)cc(C)nc2cc1C. The molecule has 0 bridgehead atoms. The van der Waals surface area contributed by atoms with Crippen molar-refractivity contribution in [3.8, 4) is 5.75 Å². The van der Waals surface area contributed by atoms with Gasteiger partial charge >= 0.3 is 5.97 Å². The first-order valence-corrected chi connectivity index (χ1v) is 5.22. The molecule has 88 valence electrons. The molecule has 0 saturated carbocycles. The number of carboxylic acid groups (broad SMARTS) is 1. The highest BCUT2D eigenvalue weighted by molar-refractivity contribution is 6.03. The molecule has 0 aliphatic carbocycles. The fourth-order valence-corrected chi connectivity index (χ4v) is 1.89. The van der Waals surface area contributed by atoms with E-state index in [0.29, 0.717) is 22.3 Å². The molecule has 1 heterocycles. The number of fused-ring (bicyclic) bond motifs is 1. The van der Waals surface area contributed by atoms with Gasteiger partial charge in [0.15, 0.2) is 0 Å². The summed E-state index contributed by atoms with van der Waals surface area (Å²) in [5, 5.41) is 9.77. The lowest BCUT2D eigenvalue weighted by Gasteiger charge is -2.09. The third kappa shape index (κ3) is 1.93. The zero-order valence-electron chi connectivity index (χ0n) is 9.94. The summed E-state index contributed by atoms with van der Waals surface area (Å²) in [6, 6.07) is 5.13. The summed E-state index contributed by atoms with van der Waals surface area (Å²) in [7, 11) is 1.57. The summed E-state index contributed by atoms with van der Waals surface area (Å²) in [5.41, 5.74) is 2.57. The summed E-state index contributed by atoms with van der Waals surface area (Å²) in [6.45, 7) is 3.69. The summed E-state index contributed by atoms with van der Waals surface area (Å²) in [6.07, 6.45) is 0. The Hall–Kier alpha value is -2.10. The molecule has 0 amide bonds. The van der Waals surface area contributed by atoms with Crippen molar-refractivity contribution < 1.29 is 14.6 Å². The van der Waals surface area contributed by atoms with E-state index < -0.39 is 5.97 Å². The third-order valence-electron chi connectivity index (χ3n) is 2.68. The molecule has 0 aliphatic heterocycles. The molecule has 2 aromatic rings. The molecule has 1 aromatic heterocycles. The summed E-state index contributed by atoms with van der Waals surface area (Å²) in [5.74, 6) is -0.281. The first kappa shape index (κ1) is 11.4. The van der Waals surface area contributed by atoms with Crippen molar-refractivity contribution in [3.05, 3.63) is 35.0 Å². The van der Waals surface area contributed by atoms with Crippen LogP contribution in [0.3, 0.4) is 0 Å². The summed E-state index contributed by atoms with van der Waals surface area (Å²) in [4.78, 5) is 15.5. The standard InChI is InChI=1S/C13H13NO3/c1-7-4-11-9(6-12(7)17-3)10(13(15)16)5-8(2)14-11/h4-6H,1-3H3,(H,15,16). The monoisotopic (exact) mass is 231 g/mol. The Morgan fingerprint density at radius 3 is 2.59 bits per heavy atom. The van der Waals surface area contributed by atoms with Crippen molar-refractivity contribution >= 4 is 16.9 Å². The zero-order chi connectivity index (χ0) is 12.6. The lowest BCUT2D eigenvalue weighted by atomic mass is 10.0. The number of nitrogens with zero attached hydrogens (tertiary/aromatic N) is 1. The fourth-order valence-electron chi connectivity index (χ4n) is 1.89. The molecule has 17 heavy (non-hydrogen) atoms. The Bertz CT molecular complexity index is 605. The number of aromatic carboxylic acids is 1. The fraction of sp³-hybridized carbons (Fsp3) is 0.231. The van der Waals surface area contributed by atoms with Crippen LogP contribution in [0.15, 0.2) is 18.2 Å². The number of carboxylic acids is 1. The van der Waals surface area contributed by atoms with Crippen LogP contribution in [-0.2, 0) is 0 Å². The van der Waals surface area contributed by atoms with Crippen molar-refractivity contribution in [2.24, 2.45) is 0 Å². The predicted molar refractivity (Wildman–Crippen MR) is 64.7 cm³/mol. The number of pyridine rings is 1. The van der Waals surface area contributed by atoms with Crippen LogP contribution in [0.2, 0.25) is 0 Å². The Kier molecular flexibility index (Phi) is 2.71. The minimum atomic E-state index is -0.952. The zero-order valence-corrected chi connectivity index (χ0v) is 9.94. The van der Waals surface area contributed by atoms with Crippen LogP contribution in [0.1, 0.15) is 21.6 Å². The lowest BCUT2D eigenvalue weighted by molar-refractivity contribution is 0.0699. The molecule has 0 atom stereocenters. The highest BCUT2D eigenvalue weighted by Gasteiger charge is 2.12. The average Bonchev–Trinajstić information content (AvgIpc) is 2.26. The van der Waals surface area contributed by atoms with Gasteiger partial charge in [-0.2, -0.15) is 0 Å². The molecule has 0 fully saturated rings. The second-order valence-corrected chi connectivity index (χ2v) is 3.96. The number of hydrogen-bond donors (Lipinski definition) is 1. The van der Waals surface area contributed by atoms with E-state index in [4.69, 9.17) is 4.74 Å². The molecule has 4 nitrogen and oxygen atoms in total. The number of aryl methyl sites for hydroxylation is 2. The first-order valence-electron chi connectivity index (χ1n) is 5.22. The summed E-state index contributed by atoms with van der Waals surface area (Å²) < 4.78 is 5.20. The Morgan fingerprint density at radius 1 is 1.29 bits per heavy atom. The first-order chi connectivity index (χ1) is 8.02. The molecule has 1 aromatic carbocycles. The van der Waals surface area contributed by atoms with Crippen LogP contribution in [0, 0.1) is 13.8 Å². The third-order valence-corrected chi connectivity index (χ3v) is 2.68. The van der Waals surface area contributed by atoms with Crippen LogP contribution >= 0.6 is 0 Å². The summed E-state index contributed by atoms with van der Waals surface area (Å²) >= 11 is 0. The number of aromatic nitrogens is 1. The smallest absolute Gasteiger partial charge is 0.336 e. The Morgan fingerprint density at radius 2 is 2.00 bits per heavy atom. The van der Waals surface area contributed by atoms with E-state index in [1.165, 1.54) is 0 Å². The number of rotatable bonds is 2. The van der Waals surface area contributed by atoms with Gasteiger partial charge < -0.3 is 9.84 Å². The maximum atomic E-state index is 11.2. The van der Waals surface area contributed by atoms with E-state index in [1.807, 2.05) is 13.0 Å². The number of hydrogen-bond acceptors (Lipinski definition) is 3. The molecule has 0 aliphatic rings. The second-order valence-electron chi connectivity index (χ2n) is 3.96. The Labute approximate surface area is 98.9 Å². The molecule has 2 rings (SSSR count). The maximum Gasteiger partial charge on any atom is 0.336 e. The van der Waals surface area contributed by atoms with Gasteiger partial charge in [-0.15, -0.1) is 0 Å². The number of carbonyl (C=O) groups is 1. The second kappa shape index (κ2) is 4.05. The highest BCUT2D eigenvalue weighted by Crippen LogP contribution is 2.27. The number of methoxy groups -OCH3 is 1. The number of ether oxygens (including phenoxy) is 1. The van der Waals surface area contributed by atoms with Gasteiger partial charge in [0.1, 0.15) is 5.75 Å². The highest BCUT2D eigenvalue weighted by atomic mass is 16.5. The van der Waals surface area contributed by atoms with Crippen LogP contribution in [0.25, 0.3) is 10.9 Å². The van der Waals surface area contributed by atoms with Crippen molar-refractivity contribution in [3.63, 3.8) is 0 Å². The van der Waals surface area contributed by atoms with Crippen molar-refractivity contribution in [2.75, 3.05) is 7.11 Å². The van der Waals surface area contributed by atoms with Gasteiger partial charge in [0.05, 0.1) is 18.2 Å². The van der Waals surface area contributed by atoms with Crippen molar-refractivity contribution in [1.29, 1.82) is 0 Å². The van der Waals surface area contributed by atoms with Gasteiger partial charge in [0, 0.05) is 11.1 Å². The van der Waals surface area contributed by atoms with E-state index in [0.717, 1.165) is 5.56 Å². The van der Waals surface area contributed by atoms with E-state index in [1.54, 1.807) is 26.2 Å². The molecule has 4 heteroatoms. The minimum Gasteiger partial charge on any atom is -0.496 e. The molecule has 0 spiro atoms. The molecule has 0 saturated heterocycles.